The molecule has 3 aromatic rings. The summed E-state index contributed by atoms with van der Waals surface area (Å²) in [5.74, 6) is 0.0267. The number of nitriles is 1. The molecule has 0 saturated carbocycles. The molecule has 0 radical (unpaired) electrons. The molecule has 0 bridgehead atoms. The van der Waals surface area contributed by atoms with Crippen molar-refractivity contribution in [2.75, 3.05) is 19.8 Å². The van der Waals surface area contributed by atoms with Gasteiger partial charge in [-0.2, -0.15) is 5.26 Å². The second-order valence-corrected chi connectivity index (χ2v) is 10.5. The number of esters is 1. The van der Waals surface area contributed by atoms with Crippen molar-refractivity contribution in [3.8, 4) is 22.9 Å². The topological polar surface area (TPSA) is 91.6 Å². The zero-order valence-corrected chi connectivity index (χ0v) is 21.6. The number of aliphatic hydroxyl groups is 1. The van der Waals surface area contributed by atoms with Crippen molar-refractivity contribution >= 4 is 28.9 Å². The molecular weight excluding hydrogens is 484 g/mol. The van der Waals surface area contributed by atoms with Crippen molar-refractivity contribution < 1.29 is 19.4 Å². The van der Waals surface area contributed by atoms with Crippen molar-refractivity contribution in [3.63, 3.8) is 0 Å². The molecule has 2 N–H and O–H groups in total. The summed E-state index contributed by atoms with van der Waals surface area (Å²) < 4.78 is 11.6. The number of carbonyl (C=O) groups excluding carboxylic acids is 1. The highest BCUT2D eigenvalue weighted by Gasteiger charge is 2.21. The average molecular weight is 513 g/mol. The Balaban J connectivity index is 1.60. The highest BCUT2D eigenvalue weighted by Crippen LogP contribution is 2.28. The van der Waals surface area contributed by atoms with Gasteiger partial charge in [-0.25, -0.2) is 4.79 Å². The maximum Gasteiger partial charge on any atom is 0.338 e. The number of nitrogens with zero attached hydrogens (tertiary/aromatic N) is 1. The molecule has 0 spiro atoms. The lowest BCUT2D eigenvalue weighted by Gasteiger charge is -2.27. The van der Waals surface area contributed by atoms with Crippen LogP contribution < -0.4 is 10.1 Å². The lowest BCUT2D eigenvalue weighted by Crippen LogP contribution is -2.46. The van der Waals surface area contributed by atoms with Gasteiger partial charge < -0.3 is 19.9 Å². The summed E-state index contributed by atoms with van der Waals surface area (Å²) in [4.78, 5) is 13.0. The van der Waals surface area contributed by atoms with Gasteiger partial charge in [0.25, 0.3) is 0 Å². The fourth-order valence-corrected chi connectivity index (χ4v) is 4.83. The van der Waals surface area contributed by atoms with E-state index in [1.165, 1.54) is 4.88 Å². The molecule has 0 aliphatic heterocycles. The number of hydrogen-bond donors (Lipinski definition) is 2. The summed E-state index contributed by atoms with van der Waals surface area (Å²) >= 11 is 7.57. The Morgan fingerprint density at radius 1 is 1.17 bits per heavy atom. The molecule has 0 saturated heterocycles. The second kappa shape index (κ2) is 12.2. The number of nitrogens with one attached hydrogen (secondary N) is 1. The Morgan fingerprint density at radius 3 is 2.51 bits per heavy atom. The van der Waals surface area contributed by atoms with Crippen molar-refractivity contribution in [1.82, 2.24) is 5.32 Å². The largest absolute Gasteiger partial charge is 0.489 e. The minimum Gasteiger partial charge on any atom is -0.489 e. The molecule has 6 nitrogen and oxygen atoms in total. The van der Waals surface area contributed by atoms with Crippen LogP contribution in [-0.4, -0.2) is 42.5 Å². The zero-order chi connectivity index (χ0) is 25.4. The van der Waals surface area contributed by atoms with Crippen LogP contribution in [-0.2, 0) is 11.2 Å². The van der Waals surface area contributed by atoms with Gasteiger partial charge in [-0.1, -0.05) is 29.8 Å². The van der Waals surface area contributed by atoms with Crippen LogP contribution in [0.3, 0.4) is 0 Å². The normalized spacial score (nSPS) is 12.1. The molecule has 0 aliphatic rings. The van der Waals surface area contributed by atoms with Crippen LogP contribution in [0.2, 0.25) is 4.34 Å². The Kier molecular flexibility index (Phi) is 9.30. The summed E-state index contributed by atoms with van der Waals surface area (Å²) in [6.07, 6.45) is 0.0216. The standard InChI is InChI=1S/C27H29ClN2O4S/c1-4-33-26(32)19-7-5-18(6-8-19)20-9-10-21(15-29)24(13-20)34-17-22(31)16-30-27(2,3)14-23-11-12-25(28)35-23/h5-13,22,30-31H,4,14,16-17H2,1-3H3. The van der Waals surface area contributed by atoms with Gasteiger partial charge in [-0.05, 0) is 74.7 Å². The molecule has 1 atom stereocenters. The molecule has 0 amide bonds. The van der Waals surface area contributed by atoms with E-state index < -0.39 is 6.10 Å². The minimum atomic E-state index is -0.764. The van der Waals surface area contributed by atoms with Gasteiger partial charge in [-0.3, -0.25) is 0 Å². The minimum absolute atomic E-state index is 0.0356. The molecule has 2 aromatic carbocycles. The fourth-order valence-electron chi connectivity index (χ4n) is 3.51. The maximum absolute atomic E-state index is 11.9. The van der Waals surface area contributed by atoms with E-state index in [0.717, 1.165) is 21.9 Å². The van der Waals surface area contributed by atoms with E-state index >= 15 is 0 Å². The number of thiophene rings is 1. The zero-order valence-electron chi connectivity index (χ0n) is 20.0. The van der Waals surface area contributed by atoms with E-state index in [-0.39, 0.29) is 18.1 Å². The summed E-state index contributed by atoms with van der Waals surface area (Å²) in [7, 11) is 0. The first-order chi connectivity index (χ1) is 16.7. The first-order valence-corrected chi connectivity index (χ1v) is 12.5. The van der Waals surface area contributed by atoms with Crippen molar-refractivity contribution in [3.05, 3.63) is 74.9 Å². The van der Waals surface area contributed by atoms with Gasteiger partial charge in [0.2, 0.25) is 0 Å². The molecule has 8 heteroatoms. The monoisotopic (exact) mass is 512 g/mol. The third-order valence-electron chi connectivity index (χ3n) is 5.32. The van der Waals surface area contributed by atoms with E-state index in [1.807, 2.05) is 30.3 Å². The van der Waals surface area contributed by atoms with Gasteiger partial charge in [0, 0.05) is 17.0 Å². The summed E-state index contributed by atoms with van der Waals surface area (Å²) in [6, 6.07) is 18.3. The molecule has 1 unspecified atom stereocenters. The summed E-state index contributed by atoms with van der Waals surface area (Å²) in [6.45, 7) is 6.59. The molecule has 1 heterocycles. The quantitative estimate of drug-likeness (QED) is 0.331. The molecule has 0 aliphatic carbocycles. The number of benzene rings is 2. The molecule has 1 aromatic heterocycles. The van der Waals surface area contributed by atoms with Crippen molar-refractivity contribution in [1.29, 1.82) is 5.26 Å². The molecular formula is C27H29ClN2O4S. The smallest absolute Gasteiger partial charge is 0.338 e. The third-order valence-corrected chi connectivity index (χ3v) is 6.56. The number of ether oxygens (including phenoxy) is 2. The van der Waals surface area contributed by atoms with E-state index in [4.69, 9.17) is 21.1 Å². The highest BCUT2D eigenvalue weighted by atomic mass is 35.5. The predicted molar refractivity (Wildman–Crippen MR) is 139 cm³/mol. The fraction of sp³-hybridized carbons (Fsp3) is 0.333. The molecule has 3 rings (SSSR count). The van der Waals surface area contributed by atoms with Crippen LogP contribution in [0.5, 0.6) is 5.75 Å². The molecule has 35 heavy (non-hydrogen) atoms. The van der Waals surface area contributed by atoms with Crippen LogP contribution >= 0.6 is 22.9 Å². The Labute approximate surface area is 215 Å². The average Bonchev–Trinajstić information content (AvgIpc) is 3.25. The number of hydrogen-bond acceptors (Lipinski definition) is 7. The van der Waals surface area contributed by atoms with Gasteiger partial charge in [-0.15, -0.1) is 11.3 Å². The van der Waals surface area contributed by atoms with E-state index in [2.05, 4.69) is 25.2 Å². The number of halogens is 1. The van der Waals surface area contributed by atoms with Crippen LogP contribution in [0.4, 0.5) is 0 Å². The Hall–Kier alpha value is -2.89. The Bertz CT molecular complexity index is 1180. The summed E-state index contributed by atoms with van der Waals surface area (Å²) in [5, 5.41) is 23.3. The number of rotatable bonds is 11. The lowest BCUT2D eigenvalue weighted by atomic mass is 9.99. The Morgan fingerprint density at radius 2 is 1.89 bits per heavy atom. The molecule has 0 fully saturated rings. The van der Waals surface area contributed by atoms with Gasteiger partial charge in [0.15, 0.2) is 0 Å². The molecule has 184 valence electrons. The van der Waals surface area contributed by atoms with Crippen molar-refractivity contribution in [2.24, 2.45) is 0 Å². The van der Waals surface area contributed by atoms with Gasteiger partial charge in [0.1, 0.15) is 24.5 Å². The third kappa shape index (κ3) is 7.81. The van der Waals surface area contributed by atoms with Crippen LogP contribution in [0.15, 0.2) is 54.6 Å². The predicted octanol–water partition coefficient (Wildman–Crippen LogP) is 5.47. The van der Waals surface area contributed by atoms with E-state index in [9.17, 15) is 15.2 Å². The maximum atomic E-state index is 11.9. The number of carbonyl (C=O) groups is 1. The van der Waals surface area contributed by atoms with Gasteiger partial charge in [0.05, 0.1) is 22.1 Å². The van der Waals surface area contributed by atoms with Crippen LogP contribution in [0.1, 0.15) is 41.6 Å². The van der Waals surface area contributed by atoms with Crippen molar-refractivity contribution in [2.45, 2.75) is 38.8 Å². The summed E-state index contributed by atoms with van der Waals surface area (Å²) in [5.41, 5.74) is 2.32. The van der Waals surface area contributed by atoms with Crippen LogP contribution in [0.25, 0.3) is 11.1 Å². The first kappa shape index (κ1) is 26.7. The number of aliphatic hydroxyl groups excluding tert-OH is 1. The second-order valence-electron chi connectivity index (χ2n) is 8.73. The van der Waals surface area contributed by atoms with Gasteiger partial charge >= 0.3 is 5.97 Å². The van der Waals surface area contributed by atoms with Crippen LogP contribution in [0, 0.1) is 11.3 Å². The highest BCUT2D eigenvalue weighted by molar-refractivity contribution is 7.16. The van der Waals surface area contributed by atoms with E-state index in [1.54, 1.807) is 42.5 Å². The number of β-amino-alcohol motifs (C(OH)–C–C–N with tert-alkyl or cyclic N) is 1. The van der Waals surface area contributed by atoms with E-state index in [0.29, 0.717) is 30.0 Å². The SMILES string of the molecule is CCOC(=O)c1ccc(-c2ccc(C#N)c(OCC(O)CNC(C)(C)Cc3ccc(Cl)s3)c2)cc1. The first-order valence-electron chi connectivity index (χ1n) is 11.3. The lowest BCUT2D eigenvalue weighted by molar-refractivity contribution is 0.0526.